The fraction of sp³-hybridized carbons (Fsp3) is 0.143. The number of hydrogen-bond acceptors (Lipinski definition) is 3. The quantitative estimate of drug-likeness (QED) is 0.619. The van der Waals surface area contributed by atoms with E-state index in [0.29, 0.717) is 0 Å². The Hall–Kier alpha value is -0.760. The van der Waals surface area contributed by atoms with E-state index in [0.717, 1.165) is 0 Å². The van der Waals surface area contributed by atoms with Crippen LogP contribution in [0.25, 0.3) is 0 Å². The Morgan fingerprint density at radius 1 is 1.40 bits per heavy atom. The predicted molar refractivity (Wildman–Crippen MR) is 55.1 cm³/mol. The topological polar surface area (TPSA) is 52.4 Å². The molecule has 15 heavy (non-hydrogen) atoms. The number of ether oxygens (including phenoxy) is 1. The normalized spacial score (nSPS) is 10.5. The highest BCUT2D eigenvalue weighted by Gasteiger charge is 2.20. The van der Waals surface area contributed by atoms with Crippen molar-refractivity contribution in [2.24, 2.45) is 0 Å². The first kappa shape index (κ1) is 12.3. The molecule has 0 aromatic heterocycles. The summed E-state index contributed by atoms with van der Waals surface area (Å²) < 4.78 is 28.1. The van der Waals surface area contributed by atoms with Crippen LogP contribution >= 0.6 is 31.9 Å². The van der Waals surface area contributed by atoms with E-state index < -0.39 is 11.5 Å². The number of nitro benzene ring substituents is 1. The van der Waals surface area contributed by atoms with Crippen molar-refractivity contribution in [3.63, 3.8) is 0 Å². The predicted octanol–water partition coefficient (Wildman–Crippen LogP) is 3.72. The van der Waals surface area contributed by atoms with Crippen LogP contribution < -0.4 is 4.74 Å². The standard InChI is InChI=1S/C7H3Br2F2NO3/c8-3-1-4(12(13)14)6(9)5(2-3)15-7(10)11/h1-2,7H. The molecule has 0 aliphatic carbocycles. The van der Waals surface area contributed by atoms with E-state index in [2.05, 4.69) is 36.6 Å². The lowest BCUT2D eigenvalue weighted by atomic mass is 10.3. The molecule has 0 fully saturated rings. The van der Waals surface area contributed by atoms with Gasteiger partial charge in [0.25, 0.3) is 5.69 Å². The van der Waals surface area contributed by atoms with E-state index >= 15 is 0 Å². The van der Waals surface area contributed by atoms with Crippen molar-refractivity contribution in [1.82, 2.24) is 0 Å². The van der Waals surface area contributed by atoms with Gasteiger partial charge in [0, 0.05) is 10.5 Å². The molecular formula is C7H3Br2F2NO3. The number of halogens is 4. The lowest BCUT2D eigenvalue weighted by molar-refractivity contribution is -0.385. The molecule has 1 aromatic rings. The Bertz CT molecular complexity index is 400. The summed E-state index contributed by atoms with van der Waals surface area (Å²) in [4.78, 5) is 9.82. The average molecular weight is 347 g/mol. The molecule has 0 aliphatic heterocycles. The molecule has 0 amide bonds. The Kier molecular flexibility index (Phi) is 3.97. The van der Waals surface area contributed by atoms with Gasteiger partial charge in [0.15, 0.2) is 0 Å². The Balaban J connectivity index is 3.22. The third-order valence-electron chi connectivity index (χ3n) is 1.40. The highest BCUT2D eigenvalue weighted by molar-refractivity contribution is 9.11. The zero-order valence-electron chi connectivity index (χ0n) is 6.92. The van der Waals surface area contributed by atoms with Crippen LogP contribution in [0.5, 0.6) is 5.75 Å². The van der Waals surface area contributed by atoms with Gasteiger partial charge >= 0.3 is 6.61 Å². The molecule has 0 N–H and O–H groups in total. The van der Waals surface area contributed by atoms with Crippen molar-refractivity contribution < 1.29 is 18.4 Å². The average Bonchev–Trinajstić information content (AvgIpc) is 2.09. The van der Waals surface area contributed by atoms with Crippen LogP contribution in [-0.2, 0) is 0 Å². The monoisotopic (exact) mass is 345 g/mol. The van der Waals surface area contributed by atoms with Gasteiger partial charge in [-0.3, -0.25) is 10.1 Å². The molecule has 1 rings (SSSR count). The number of nitro groups is 1. The van der Waals surface area contributed by atoms with E-state index in [9.17, 15) is 18.9 Å². The van der Waals surface area contributed by atoms with Crippen LogP contribution in [0, 0.1) is 10.1 Å². The summed E-state index contributed by atoms with van der Waals surface area (Å²) in [7, 11) is 0. The van der Waals surface area contributed by atoms with Crippen molar-refractivity contribution >= 4 is 37.5 Å². The minimum atomic E-state index is -3.03. The molecule has 0 spiro atoms. The highest BCUT2D eigenvalue weighted by atomic mass is 79.9. The summed E-state index contributed by atoms with van der Waals surface area (Å²) >= 11 is 5.78. The minimum absolute atomic E-state index is 0.115. The molecule has 82 valence electrons. The summed E-state index contributed by atoms with van der Waals surface area (Å²) in [6.45, 7) is -3.03. The van der Waals surface area contributed by atoms with E-state index in [4.69, 9.17) is 0 Å². The van der Waals surface area contributed by atoms with E-state index in [1.54, 1.807) is 0 Å². The van der Waals surface area contributed by atoms with Crippen LogP contribution in [0.1, 0.15) is 0 Å². The summed E-state index contributed by atoms with van der Waals surface area (Å²) in [6.07, 6.45) is 0. The van der Waals surface area contributed by atoms with Crippen molar-refractivity contribution in [2.45, 2.75) is 6.61 Å². The zero-order chi connectivity index (χ0) is 11.6. The lowest BCUT2D eigenvalue weighted by Crippen LogP contribution is -2.03. The maximum absolute atomic E-state index is 11.9. The molecule has 0 saturated carbocycles. The van der Waals surface area contributed by atoms with Crippen LogP contribution in [0.4, 0.5) is 14.5 Å². The summed E-state index contributed by atoms with van der Waals surface area (Å²) in [5.74, 6) is -0.286. The zero-order valence-corrected chi connectivity index (χ0v) is 10.1. The fourth-order valence-electron chi connectivity index (χ4n) is 0.865. The second-order valence-corrected chi connectivity index (χ2v) is 4.08. The first-order chi connectivity index (χ1) is 6.91. The summed E-state index contributed by atoms with van der Waals surface area (Å²) in [5, 5.41) is 10.5. The summed E-state index contributed by atoms with van der Waals surface area (Å²) in [6, 6.07) is 2.39. The highest BCUT2D eigenvalue weighted by Crippen LogP contribution is 2.37. The molecule has 0 heterocycles. The van der Waals surface area contributed by atoms with Crippen molar-refractivity contribution in [1.29, 1.82) is 0 Å². The molecule has 0 atom stereocenters. The van der Waals surface area contributed by atoms with Gasteiger partial charge in [0.2, 0.25) is 0 Å². The van der Waals surface area contributed by atoms with Crippen LogP contribution in [0.15, 0.2) is 21.1 Å². The third-order valence-corrected chi connectivity index (χ3v) is 2.65. The maximum Gasteiger partial charge on any atom is 0.387 e. The van der Waals surface area contributed by atoms with Gasteiger partial charge < -0.3 is 4.74 Å². The molecule has 0 saturated heterocycles. The van der Waals surface area contributed by atoms with Crippen LogP contribution in [0.2, 0.25) is 0 Å². The number of benzene rings is 1. The van der Waals surface area contributed by atoms with Gasteiger partial charge in [0.1, 0.15) is 10.2 Å². The molecule has 1 aromatic carbocycles. The maximum atomic E-state index is 11.9. The largest absolute Gasteiger partial charge is 0.433 e. The van der Waals surface area contributed by atoms with E-state index in [1.807, 2.05) is 0 Å². The molecular weight excluding hydrogens is 344 g/mol. The van der Waals surface area contributed by atoms with Gasteiger partial charge in [0.05, 0.1) is 4.92 Å². The molecule has 0 aliphatic rings. The Morgan fingerprint density at radius 2 is 2.00 bits per heavy atom. The fourth-order valence-corrected chi connectivity index (χ4v) is 1.76. The van der Waals surface area contributed by atoms with Crippen molar-refractivity contribution in [3.8, 4) is 5.75 Å². The first-order valence-corrected chi connectivity index (χ1v) is 5.08. The third kappa shape index (κ3) is 3.10. The number of nitrogens with zero attached hydrogens (tertiary/aromatic N) is 1. The van der Waals surface area contributed by atoms with Gasteiger partial charge in [-0.05, 0) is 22.0 Å². The SMILES string of the molecule is O=[N+]([O-])c1cc(Br)cc(OC(F)F)c1Br. The Labute approximate surface area is 99.6 Å². The van der Waals surface area contributed by atoms with Crippen LogP contribution in [0.3, 0.4) is 0 Å². The van der Waals surface area contributed by atoms with Gasteiger partial charge in [-0.15, -0.1) is 0 Å². The molecule has 0 unspecified atom stereocenters. The smallest absolute Gasteiger partial charge is 0.387 e. The van der Waals surface area contributed by atoms with E-state index in [1.165, 1.54) is 12.1 Å². The summed E-state index contributed by atoms with van der Waals surface area (Å²) in [5.41, 5.74) is -0.347. The minimum Gasteiger partial charge on any atom is -0.433 e. The van der Waals surface area contributed by atoms with Crippen LogP contribution in [-0.4, -0.2) is 11.5 Å². The second-order valence-electron chi connectivity index (χ2n) is 2.37. The first-order valence-electron chi connectivity index (χ1n) is 3.50. The molecule has 0 radical (unpaired) electrons. The van der Waals surface area contributed by atoms with Gasteiger partial charge in [-0.25, -0.2) is 0 Å². The van der Waals surface area contributed by atoms with Crippen molar-refractivity contribution in [3.05, 3.63) is 31.2 Å². The van der Waals surface area contributed by atoms with Gasteiger partial charge in [-0.1, -0.05) is 15.9 Å². The molecule has 8 heteroatoms. The number of rotatable bonds is 3. The molecule has 4 nitrogen and oxygen atoms in total. The van der Waals surface area contributed by atoms with Gasteiger partial charge in [-0.2, -0.15) is 8.78 Å². The number of hydrogen-bond donors (Lipinski definition) is 0. The Morgan fingerprint density at radius 3 is 2.47 bits per heavy atom. The molecule has 0 bridgehead atoms. The lowest BCUT2D eigenvalue weighted by Gasteiger charge is -2.07. The second kappa shape index (κ2) is 4.84. The number of alkyl halides is 2. The van der Waals surface area contributed by atoms with E-state index in [-0.39, 0.29) is 20.4 Å². The van der Waals surface area contributed by atoms with Crippen molar-refractivity contribution in [2.75, 3.05) is 0 Å².